The summed E-state index contributed by atoms with van der Waals surface area (Å²) >= 11 is 15.0. The van der Waals surface area contributed by atoms with Gasteiger partial charge in [0.2, 0.25) is 0 Å². The lowest BCUT2D eigenvalue weighted by Crippen LogP contribution is -2.13. The number of hydrogen-bond donors (Lipinski definition) is 2. The molecule has 2 N–H and O–H groups in total. The van der Waals surface area contributed by atoms with Gasteiger partial charge in [-0.1, -0.05) is 23.2 Å². The molecule has 21 heavy (non-hydrogen) atoms. The van der Waals surface area contributed by atoms with Gasteiger partial charge in [0, 0.05) is 9.50 Å². The molecule has 0 heterocycles. The Balaban J connectivity index is 2.25. The molecule has 0 spiro atoms. The lowest BCUT2D eigenvalue weighted by molar-refractivity contribution is 0.0696. The number of amides is 1. The Morgan fingerprint density at radius 2 is 1.81 bits per heavy atom. The van der Waals surface area contributed by atoms with Gasteiger partial charge in [-0.05, 0) is 52.3 Å². The molecule has 0 bridgehead atoms. The quantitative estimate of drug-likeness (QED) is 0.800. The van der Waals surface area contributed by atoms with Gasteiger partial charge in [-0.15, -0.1) is 0 Å². The van der Waals surface area contributed by atoms with Gasteiger partial charge in [-0.25, -0.2) is 4.79 Å². The zero-order valence-electron chi connectivity index (χ0n) is 10.4. The lowest BCUT2D eigenvalue weighted by Gasteiger charge is -2.09. The van der Waals surface area contributed by atoms with Gasteiger partial charge < -0.3 is 10.4 Å². The van der Waals surface area contributed by atoms with Crippen molar-refractivity contribution in [1.29, 1.82) is 0 Å². The van der Waals surface area contributed by atoms with Crippen molar-refractivity contribution in [3.8, 4) is 0 Å². The summed E-state index contributed by atoms with van der Waals surface area (Å²) in [6.07, 6.45) is 0. The van der Waals surface area contributed by atoms with E-state index in [4.69, 9.17) is 28.3 Å². The third kappa shape index (κ3) is 3.75. The molecule has 4 nitrogen and oxygen atoms in total. The molecule has 0 atom stereocenters. The molecule has 0 aliphatic heterocycles. The summed E-state index contributed by atoms with van der Waals surface area (Å²) < 4.78 is 0.459. The third-order valence-corrected chi connectivity index (χ3v) is 3.84. The number of carbonyl (C=O) groups is 2. The SMILES string of the molecule is O=C(O)c1ccc(NC(=O)c2ccc(Cl)cc2Cl)c(Br)c1. The molecule has 2 aromatic rings. The van der Waals surface area contributed by atoms with E-state index in [9.17, 15) is 9.59 Å². The Labute approximate surface area is 138 Å². The van der Waals surface area contributed by atoms with Gasteiger partial charge in [-0.3, -0.25) is 4.79 Å². The maximum atomic E-state index is 12.1. The topological polar surface area (TPSA) is 66.4 Å². The fraction of sp³-hybridized carbons (Fsp3) is 0. The highest BCUT2D eigenvalue weighted by molar-refractivity contribution is 9.10. The molecule has 0 fully saturated rings. The second-order valence-corrected chi connectivity index (χ2v) is 5.78. The van der Waals surface area contributed by atoms with E-state index in [0.717, 1.165) is 0 Å². The average Bonchev–Trinajstić information content (AvgIpc) is 2.40. The molecule has 0 aliphatic rings. The van der Waals surface area contributed by atoms with Crippen molar-refractivity contribution in [3.05, 3.63) is 62.0 Å². The van der Waals surface area contributed by atoms with Gasteiger partial charge in [0.15, 0.2) is 0 Å². The Bertz CT molecular complexity index is 734. The molecule has 1 amide bonds. The minimum absolute atomic E-state index is 0.115. The standard InChI is InChI=1S/C14H8BrCl2NO3/c15-10-5-7(14(20)21)1-4-12(10)18-13(19)9-3-2-8(16)6-11(9)17/h1-6H,(H,18,19)(H,20,21). The smallest absolute Gasteiger partial charge is 0.335 e. The Hall–Kier alpha value is -1.56. The third-order valence-electron chi connectivity index (χ3n) is 2.64. The average molecular weight is 389 g/mol. The van der Waals surface area contributed by atoms with Crippen molar-refractivity contribution in [3.63, 3.8) is 0 Å². The molecule has 0 saturated carbocycles. The number of hydrogen-bond acceptors (Lipinski definition) is 2. The van der Waals surface area contributed by atoms with Gasteiger partial charge in [0.05, 0.1) is 21.8 Å². The first kappa shape index (κ1) is 15.8. The number of carboxylic acids is 1. The fourth-order valence-electron chi connectivity index (χ4n) is 1.61. The van der Waals surface area contributed by atoms with E-state index < -0.39 is 11.9 Å². The van der Waals surface area contributed by atoms with E-state index in [1.54, 1.807) is 6.07 Å². The van der Waals surface area contributed by atoms with Crippen LogP contribution in [0.3, 0.4) is 0 Å². The van der Waals surface area contributed by atoms with Crippen molar-refractivity contribution < 1.29 is 14.7 Å². The molecule has 108 valence electrons. The summed E-state index contributed by atoms with van der Waals surface area (Å²) in [5.41, 5.74) is 0.829. The molecule has 7 heteroatoms. The summed E-state index contributed by atoms with van der Waals surface area (Å²) in [6, 6.07) is 8.84. The van der Waals surface area contributed by atoms with Crippen molar-refractivity contribution >= 4 is 56.7 Å². The first-order valence-electron chi connectivity index (χ1n) is 5.67. The summed E-state index contributed by atoms with van der Waals surface area (Å²) in [6.45, 7) is 0. The molecule has 0 unspecified atom stereocenters. The van der Waals surface area contributed by atoms with Crippen molar-refractivity contribution in [2.75, 3.05) is 5.32 Å². The van der Waals surface area contributed by atoms with Crippen molar-refractivity contribution in [2.45, 2.75) is 0 Å². The van der Waals surface area contributed by atoms with Crippen LogP contribution in [0.1, 0.15) is 20.7 Å². The first-order chi connectivity index (χ1) is 9.88. The zero-order chi connectivity index (χ0) is 15.6. The Morgan fingerprint density at radius 1 is 1.10 bits per heavy atom. The number of carbonyl (C=O) groups excluding carboxylic acids is 1. The zero-order valence-corrected chi connectivity index (χ0v) is 13.5. The van der Waals surface area contributed by atoms with Crippen LogP contribution in [0, 0.1) is 0 Å². The molecule has 2 aromatic carbocycles. The predicted molar refractivity (Wildman–Crippen MR) is 85.5 cm³/mol. The Morgan fingerprint density at radius 3 is 2.38 bits per heavy atom. The van der Waals surface area contributed by atoms with E-state index in [1.807, 2.05) is 0 Å². The first-order valence-corrected chi connectivity index (χ1v) is 7.22. The van der Waals surface area contributed by atoms with Crippen LogP contribution in [0.5, 0.6) is 0 Å². The van der Waals surface area contributed by atoms with E-state index >= 15 is 0 Å². The number of aromatic carboxylic acids is 1. The van der Waals surface area contributed by atoms with Crippen LogP contribution in [-0.2, 0) is 0 Å². The summed E-state index contributed by atoms with van der Waals surface area (Å²) in [5, 5.41) is 12.2. The summed E-state index contributed by atoms with van der Waals surface area (Å²) in [4.78, 5) is 23.0. The molecule has 0 aliphatic carbocycles. The maximum Gasteiger partial charge on any atom is 0.335 e. The van der Waals surface area contributed by atoms with Crippen molar-refractivity contribution in [2.24, 2.45) is 0 Å². The fourth-order valence-corrected chi connectivity index (χ4v) is 2.59. The second kappa shape index (κ2) is 6.47. The number of benzene rings is 2. The number of nitrogens with one attached hydrogen (secondary N) is 1. The highest BCUT2D eigenvalue weighted by atomic mass is 79.9. The number of halogens is 3. The van der Waals surface area contributed by atoms with Gasteiger partial charge in [-0.2, -0.15) is 0 Å². The predicted octanol–water partition coefficient (Wildman–Crippen LogP) is 4.71. The maximum absolute atomic E-state index is 12.1. The van der Waals surface area contributed by atoms with E-state index in [2.05, 4.69) is 21.2 Å². The van der Waals surface area contributed by atoms with Crippen LogP contribution in [0.15, 0.2) is 40.9 Å². The lowest BCUT2D eigenvalue weighted by atomic mass is 10.2. The summed E-state index contributed by atoms with van der Waals surface area (Å²) in [5.74, 6) is -1.46. The minimum atomic E-state index is -1.05. The number of carboxylic acid groups (broad SMARTS) is 1. The number of anilines is 1. The van der Waals surface area contributed by atoms with Crippen molar-refractivity contribution in [1.82, 2.24) is 0 Å². The van der Waals surface area contributed by atoms with Crippen LogP contribution < -0.4 is 5.32 Å². The van der Waals surface area contributed by atoms with E-state index in [-0.39, 0.29) is 16.1 Å². The molecule has 0 saturated heterocycles. The van der Waals surface area contributed by atoms with Gasteiger partial charge in [0.25, 0.3) is 5.91 Å². The van der Waals surface area contributed by atoms with Crippen LogP contribution >= 0.6 is 39.1 Å². The molecule has 2 rings (SSSR count). The number of rotatable bonds is 3. The molecular formula is C14H8BrCl2NO3. The Kier molecular flexibility index (Phi) is 4.88. The van der Waals surface area contributed by atoms with Crippen LogP contribution in [0.2, 0.25) is 10.0 Å². The molecule has 0 radical (unpaired) electrons. The van der Waals surface area contributed by atoms with E-state index in [1.165, 1.54) is 30.3 Å². The van der Waals surface area contributed by atoms with E-state index in [0.29, 0.717) is 15.2 Å². The molecule has 0 aromatic heterocycles. The van der Waals surface area contributed by atoms with Gasteiger partial charge >= 0.3 is 5.97 Å². The minimum Gasteiger partial charge on any atom is -0.478 e. The normalized spacial score (nSPS) is 10.2. The summed E-state index contributed by atoms with van der Waals surface area (Å²) in [7, 11) is 0. The van der Waals surface area contributed by atoms with Gasteiger partial charge in [0.1, 0.15) is 0 Å². The monoisotopic (exact) mass is 387 g/mol. The van der Waals surface area contributed by atoms with Crippen LogP contribution in [0.25, 0.3) is 0 Å². The van der Waals surface area contributed by atoms with Crippen LogP contribution in [-0.4, -0.2) is 17.0 Å². The van der Waals surface area contributed by atoms with Crippen LogP contribution in [0.4, 0.5) is 5.69 Å². The molecular weight excluding hydrogens is 381 g/mol. The largest absolute Gasteiger partial charge is 0.478 e. The highest BCUT2D eigenvalue weighted by Crippen LogP contribution is 2.26. The highest BCUT2D eigenvalue weighted by Gasteiger charge is 2.13. The second-order valence-electron chi connectivity index (χ2n) is 4.08.